The van der Waals surface area contributed by atoms with Crippen molar-refractivity contribution in [1.82, 2.24) is 19.5 Å². The largest absolute Gasteiger partial charge is 0.368 e. The summed E-state index contributed by atoms with van der Waals surface area (Å²) in [5, 5.41) is 8.45. The molecule has 0 atom stereocenters. The van der Waals surface area contributed by atoms with Gasteiger partial charge in [-0.1, -0.05) is 0 Å². The SMILES string of the molecule is N#CCCCn1cnc(-c2cnc(N)nc2)c1. The van der Waals surface area contributed by atoms with E-state index in [0.717, 1.165) is 24.2 Å². The first-order valence-corrected chi connectivity index (χ1v) is 5.26. The molecule has 2 aromatic heterocycles. The van der Waals surface area contributed by atoms with Gasteiger partial charge < -0.3 is 10.3 Å². The molecule has 0 fully saturated rings. The maximum atomic E-state index is 8.45. The predicted octanol–water partition coefficient (Wildman–Crippen LogP) is 1.23. The van der Waals surface area contributed by atoms with Gasteiger partial charge in [-0.3, -0.25) is 0 Å². The van der Waals surface area contributed by atoms with Gasteiger partial charge in [-0.2, -0.15) is 5.26 Å². The predicted molar refractivity (Wildman–Crippen MR) is 62.5 cm³/mol. The summed E-state index contributed by atoms with van der Waals surface area (Å²) < 4.78 is 1.95. The average Bonchev–Trinajstić information content (AvgIpc) is 2.79. The van der Waals surface area contributed by atoms with Crippen LogP contribution in [0.2, 0.25) is 0 Å². The fourth-order valence-corrected chi connectivity index (χ4v) is 1.44. The van der Waals surface area contributed by atoms with Gasteiger partial charge in [0, 0.05) is 37.1 Å². The highest BCUT2D eigenvalue weighted by Crippen LogP contribution is 2.15. The van der Waals surface area contributed by atoms with Crippen LogP contribution in [0.25, 0.3) is 11.3 Å². The van der Waals surface area contributed by atoms with Crippen LogP contribution in [0.3, 0.4) is 0 Å². The number of aromatic nitrogens is 4. The van der Waals surface area contributed by atoms with Crippen molar-refractivity contribution in [1.29, 1.82) is 5.26 Å². The van der Waals surface area contributed by atoms with Gasteiger partial charge in [0.05, 0.1) is 18.1 Å². The van der Waals surface area contributed by atoms with Crippen molar-refractivity contribution in [3.05, 3.63) is 24.9 Å². The number of hydrogen-bond acceptors (Lipinski definition) is 5. The zero-order valence-electron chi connectivity index (χ0n) is 9.24. The second-order valence-electron chi connectivity index (χ2n) is 3.59. The Bertz CT molecular complexity index is 522. The molecule has 0 aromatic carbocycles. The van der Waals surface area contributed by atoms with Crippen LogP contribution >= 0.6 is 0 Å². The highest BCUT2D eigenvalue weighted by Gasteiger charge is 2.03. The fourth-order valence-electron chi connectivity index (χ4n) is 1.44. The van der Waals surface area contributed by atoms with Gasteiger partial charge in [0.15, 0.2) is 0 Å². The Morgan fingerprint density at radius 3 is 2.76 bits per heavy atom. The lowest BCUT2D eigenvalue weighted by Gasteiger charge is -1.97. The lowest BCUT2D eigenvalue weighted by molar-refractivity contribution is 0.653. The summed E-state index contributed by atoms with van der Waals surface area (Å²) in [6.45, 7) is 0.788. The van der Waals surface area contributed by atoms with Crippen LogP contribution in [0.5, 0.6) is 0 Å². The Hall–Kier alpha value is -2.42. The molecule has 0 radical (unpaired) electrons. The van der Waals surface area contributed by atoms with Gasteiger partial charge in [-0.05, 0) is 6.42 Å². The maximum absolute atomic E-state index is 8.45. The first-order chi connectivity index (χ1) is 8.29. The summed E-state index contributed by atoms with van der Waals surface area (Å²) in [6, 6.07) is 2.12. The zero-order chi connectivity index (χ0) is 12.1. The molecule has 0 spiro atoms. The van der Waals surface area contributed by atoms with E-state index in [1.54, 1.807) is 18.7 Å². The minimum absolute atomic E-state index is 0.252. The lowest BCUT2D eigenvalue weighted by Crippen LogP contribution is -1.94. The van der Waals surface area contributed by atoms with E-state index in [0.29, 0.717) is 6.42 Å². The van der Waals surface area contributed by atoms with Crippen LogP contribution in [0.15, 0.2) is 24.9 Å². The van der Waals surface area contributed by atoms with E-state index in [2.05, 4.69) is 21.0 Å². The average molecular weight is 228 g/mol. The van der Waals surface area contributed by atoms with E-state index in [4.69, 9.17) is 11.0 Å². The van der Waals surface area contributed by atoms with E-state index in [-0.39, 0.29) is 5.95 Å². The molecule has 2 heterocycles. The van der Waals surface area contributed by atoms with Crippen LogP contribution in [0, 0.1) is 11.3 Å². The van der Waals surface area contributed by atoms with Crippen molar-refractivity contribution in [3.8, 4) is 17.3 Å². The maximum Gasteiger partial charge on any atom is 0.219 e. The van der Waals surface area contributed by atoms with Crippen LogP contribution in [-0.4, -0.2) is 19.5 Å². The number of nitrogens with two attached hydrogens (primary N) is 1. The third kappa shape index (κ3) is 2.78. The minimum Gasteiger partial charge on any atom is -0.368 e. The van der Waals surface area contributed by atoms with Gasteiger partial charge in [-0.15, -0.1) is 0 Å². The van der Waals surface area contributed by atoms with Crippen molar-refractivity contribution in [2.75, 3.05) is 5.73 Å². The van der Waals surface area contributed by atoms with Crippen LogP contribution in [0.4, 0.5) is 5.95 Å². The zero-order valence-corrected chi connectivity index (χ0v) is 9.24. The van der Waals surface area contributed by atoms with E-state index in [1.807, 2.05) is 10.8 Å². The molecule has 0 bridgehead atoms. The lowest BCUT2D eigenvalue weighted by atomic mass is 10.3. The van der Waals surface area contributed by atoms with Crippen molar-refractivity contribution in [2.45, 2.75) is 19.4 Å². The number of nitrogen functional groups attached to an aromatic ring is 1. The number of imidazole rings is 1. The van der Waals surface area contributed by atoms with Gasteiger partial charge >= 0.3 is 0 Å². The smallest absolute Gasteiger partial charge is 0.219 e. The van der Waals surface area contributed by atoms with Gasteiger partial charge in [0.25, 0.3) is 0 Å². The Morgan fingerprint density at radius 2 is 2.06 bits per heavy atom. The molecule has 0 unspecified atom stereocenters. The number of unbranched alkanes of at least 4 members (excludes halogenated alkanes) is 1. The number of hydrogen-bond donors (Lipinski definition) is 1. The van der Waals surface area contributed by atoms with Gasteiger partial charge in [-0.25, -0.2) is 15.0 Å². The van der Waals surface area contributed by atoms with E-state index in [1.165, 1.54) is 0 Å². The Morgan fingerprint density at radius 1 is 1.29 bits per heavy atom. The number of rotatable bonds is 4. The summed E-state index contributed by atoms with van der Waals surface area (Å²) in [5.41, 5.74) is 7.05. The molecule has 0 saturated carbocycles. The number of nitrogens with zero attached hydrogens (tertiary/aromatic N) is 5. The second kappa shape index (κ2) is 5.07. The molecule has 2 N–H and O–H groups in total. The quantitative estimate of drug-likeness (QED) is 0.794. The third-order valence-corrected chi connectivity index (χ3v) is 2.31. The van der Waals surface area contributed by atoms with Gasteiger partial charge in [0.1, 0.15) is 0 Å². The molecule has 0 aliphatic heterocycles. The van der Waals surface area contributed by atoms with Gasteiger partial charge in [0.2, 0.25) is 5.95 Å². The monoisotopic (exact) mass is 228 g/mol. The summed E-state index contributed by atoms with van der Waals surface area (Å²) in [6.07, 6.45) is 8.31. The normalized spacial score (nSPS) is 10.1. The highest BCUT2D eigenvalue weighted by atomic mass is 15.0. The fraction of sp³-hybridized carbons (Fsp3) is 0.273. The molecular weight excluding hydrogens is 216 g/mol. The van der Waals surface area contributed by atoms with E-state index in [9.17, 15) is 0 Å². The highest BCUT2D eigenvalue weighted by molar-refractivity contribution is 5.56. The van der Waals surface area contributed by atoms with Crippen molar-refractivity contribution >= 4 is 5.95 Å². The summed E-state index contributed by atoms with van der Waals surface area (Å²) in [7, 11) is 0. The second-order valence-corrected chi connectivity index (χ2v) is 3.59. The molecule has 0 saturated heterocycles. The number of nitriles is 1. The summed E-state index contributed by atoms with van der Waals surface area (Å²) >= 11 is 0. The molecule has 6 nitrogen and oxygen atoms in total. The number of anilines is 1. The van der Waals surface area contributed by atoms with Crippen LogP contribution < -0.4 is 5.73 Å². The number of aryl methyl sites for hydroxylation is 1. The molecule has 0 amide bonds. The van der Waals surface area contributed by atoms with Crippen molar-refractivity contribution in [2.24, 2.45) is 0 Å². The first kappa shape index (κ1) is 11.1. The Labute approximate surface area is 98.8 Å². The first-order valence-electron chi connectivity index (χ1n) is 5.26. The van der Waals surface area contributed by atoms with E-state index < -0.39 is 0 Å². The Kier molecular flexibility index (Phi) is 3.31. The molecule has 2 aromatic rings. The van der Waals surface area contributed by atoms with Crippen LogP contribution in [-0.2, 0) is 6.54 Å². The molecule has 6 heteroatoms. The Balaban J connectivity index is 2.08. The topological polar surface area (TPSA) is 93.4 Å². The van der Waals surface area contributed by atoms with Crippen LogP contribution in [0.1, 0.15) is 12.8 Å². The third-order valence-electron chi connectivity index (χ3n) is 2.31. The minimum atomic E-state index is 0.252. The van der Waals surface area contributed by atoms with Crippen molar-refractivity contribution in [3.63, 3.8) is 0 Å². The molecule has 86 valence electrons. The molecule has 0 aliphatic rings. The molecule has 17 heavy (non-hydrogen) atoms. The molecule has 0 aliphatic carbocycles. The standard InChI is InChI=1S/C11H12N6/c12-3-1-2-4-17-7-10(16-8-17)9-5-14-11(13)15-6-9/h5-8H,1-2,4H2,(H2,13,14,15). The molecule has 2 rings (SSSR count). The van der Waals surface area contributed by atoms with Crippen molar-refractivity contribution < 1.29 is 0 Å². The molecular formula is C11H12N6. The summed E-state index contributed by atoms with van der Waals surface area (Å²) in [5.74, 6) is 0.252. The summed E-state index contributed by atoms with van der Waals surface area (Å²) in [4.78, 5) is 12.1. The van der Waals surface area contributed by atoms with E-state index >= 15 is 0 Å².